The zero-order valence-electron chi connectivity index (χ0n) is 7.13. The molecule has 3 heteroatoms. The van der Waals surface area contributed by atoms with Gasteiger partial charge in [-0.15, -0.1) is 11.6 Å². The van der Waals surface area contributed by atoms with Crippen LogP contribution in [0.4, 0.5) is 11.4 Å². The van der Waals surface area contributed by atoms with Gasteiger partial charge in [0.25, 0.3) is 0 Å². The van der Waals surface area contributed by atoms with E-state index in [1.807, 2.05) is 31.3 Å². The summed E-state index contributed by atoms with van der Waals surface area (Å²) >= 11 is 5.61. The molecular weight excluding hydrogens is 172 g/mol. The second-order valence-corrected chi connectivity index (χ2v) is 3.08. The number of halogens is 1. The number of alkyl halides is 1. The van der Waals surface area contributed by atoms with Crippen LogP contribution in [0.25, 0.3) is 0 Å². The van der Waals surface area contributed by atoms with Crippen molar-refractivity contribution < 1.29 is 0 Å². The van der Waals surface area contributed by atoms with E-state index in [1.54, 1.807) is 0 Å². The van der Waals surface area contributed by atoms with Gasteiger partial charge in [-0.05, 0) is 24.3 Å². The van der Waals surface area contributed by atoms with Gasteiger partial charge in [-0.3, -0.25) is 0 Å². The maximum absolute atomic E-state index is 5.61. The van der Waals surface area contributed by atoms with Crippen LogP contribution < -0.4 is 10.6 Å². The lowest BCUT2D eigenvalue weighted by molar-refractivity contribution is 0.974. The van der Waals surface area contributed by atoms with Gasteiger partial charge in [0, 0.05) is 30.8 Å². The van der Waals surface area contributed by atoms with Gasteiger partial charge < -0.3 is 10.6 Å². The SMILES string of the molecule is CN(CCCl)c1ccc(N)cc1. The van der Waals surface area contributed by atoms with E-state index in [-0.39, 0.29) is 0 Å². The first-order chi connectivity index (χ1) is 5.74. The van der Waals surface area contributed by atoms with Crippen molar-refractivity contribution in [2.75, 3.05) is 30.1 Å². The molecule has 0 radical (unpaired) electrons. The van der Waals surface area contributed by atoms with Crippen LogP contribution >= 0.6 is 11.6 Å². The molecule has 0 saturated carbocycles. The van der Waals surface area contributed by atoms with E-state index in [4.69, 9.17) is 17.3 Å². The molecule has 0 aliphatic rings. The highest BCUT2D eigenvalue weighted by molar-refractivity contribution is 6.18. The zero-order chi connectivity index (χ0) is 8.97. The van der Waals surface area contributed by atoms with Crippen molar-refractivity contribution in [1.29, 1.82) is 0 Å². The molecule has 1 aromatic rings. The Balaban J connectivity index is 2.68. The summed E-state index contributed by atoms with van der Waals surface area (Å²) in [5, 5.41) is 0. The molecule has 1 rings (SSSR count). The Morgan fingerprint density at radius 2 is 1.92 bits per heavy atom. The van der Waals surface area contributed by atoms with Gasteiger partial charge in [0.05, 0.1) is 0 Å². The normalized spacial score (nSPS) is 9.83. The fraction of sp³-hybridized carbons (Fsp3) is 0.333. The Morgan fingerprint density at radius 1 is 1.33 bits per heavy atom. The molecule has 0 bridgehead atoms. The molecule has 12 heavy (non-hydrogen) atoms. The molecule has 0 spiro atoms. The van der Waals surface area contributed by atoms with Gasteiger partial charge in [0.15, 0.2) is 0 Å². The summed E-state index contributed by atoms with van der Waals surface area (Å²) in [6, 6.07) is 7.75. The topological polar surface area (TPSA) is 29.3 Å². The van der Waals surface area contributed by atoms with E-state index in [0.717, 1.165) is 17.9 Å². The zero-order valence-corrected chi connectivity index (χ0v) is 7.88. The first kappa shape index (κ1) is 9.20. The average Bonchev–Trinajstić information content (AvgIpc) is 2.06. The molecule has 0 fully saturated rings. The van der Waals surface area contributed by atoms with Crippen molar-refractivity contribution in [1.82, 2.24) is 0 Å². The Morgan fingerprint density at radius 3 is 2.42 bits per heavy atom. The highest BCUT2D eigenvalue weighted by Crippen LogP contribution is 2.14. The molecule has 0 aromatic heterocycles. The van der Waals surface area contributed by atoms with Gasteiger partial charge in [0.2, 0.25) is 0 Å². The summed E-state index contributed by atoms with van der Waals surface area (Å²) < 4.78 is 0. The number of benzene rings is 1. The molecule has 0 amide bonds. The van der Waals surface area contributed by atoms with E-state index < -0.39 is 0 Å². The van der Waals surface area contributed by atoms with E-state index in [2.05, 4.69) is 4.90 Å². The van der Waals surface area contributed by atoms with E-state index >= 15 is 0 Å². The summed E-state index contributed by atoms with van der Waals surface area (Å²) in [4.78, 5) is 2.09. The molecule has 1 aromatic carbocycles. The minimum Gasteiger partial charge on any atom is -0.399 e. The van der Waals surface area contributed by atoms with Crippen LogP contribution in [-0.4, -0.2) is 19.5 Å². The third-order valence-corrected chi connectivity index (χ3v) is 1.92. The molecular formula is C9H13ClN2. The Kier molecular flexibility index (Phi) is 3.23. The summed E-state index contributed by atoms with van der Waals surface area (Å²) in [5.74, 6) is 0.640. The van der Waals surface area contributed by atoms with Crippen LogP contribution in [-0.2, 0) is 0 Å². The lowest BCUT2D eigenvalue weighted by atomic mass is 10.2. The van der Waals surface area contributed by atoms with Crippen LogP contribution in [0.3, 0.4) is 0 Å². The fourth-order valence-corrected chi connectivity index (χ4v) is 1.24. The number of hydrogen-bond donors (Lipinski definition) is 1. The third kappa shape index (κ3) is 2.31. The van der Waals surface area contributed by atoms with Crippen LogP contribution in [0, 0.1) is 0 Å². The molecule has 66 valence electrons. The lowest BCUT2D eigenvalue weighted by Crippen LogP contribution is -2.19. The molecule has 0 heterocycles. The number of rotatable bonds is 3. The van der Waals surface area contributed by atoms with Crippen molar-refractivity contribution in [2.24, 2.45) is 0 Å². The van der Waals surface area contributed by atoms with Crippen molar-refractivity contribution >= 4 is 23.0 Å². The molecule has 0 saturated heterocycles. The van der Waals surface area contributed by atoms with Crippen LogP contribution in [0.1, 0.15) is 0 Å². The van der Waals surface area contributed by atoms with E-state index in [9.17, 15) is 0 Å². The molecule has 0 aliphatic carbocycles. The number of nitrogens with two attached hydrogens (primary N) is 1. The van der Waals surface area contributed by atoms with Gasteiger partial charge in [-0.25, -0.2) is 0 Å². The number of anilines is 2. The van der Waals surface area contributed by atoms with Gasteiger partial charge in [-0.2, -0.15) is 0 Å². The van der Waals surface area contributed by atoms with Crippen LogP contribution in [0.2, 0.25) is 0 Å². The van der Waals surface area contributed by atoms with Gasteiger partial charge in [-0.1, -0.05) is 0 Å². The minimum atomic E-state index is 0.640. The highest BCUT2D eigenvalue weighted by Gasteiger charge is 1.97. The summed E-state index contributed by atoms with van der Waals surface area (Å²) in [5.41, 5.74) is 7.49. The summed E-state index contributed by atoms with van der Waals surface area (Å²) in [6.45, 7) is 0.853. The first-order valence-electron chi connectivity index (χ1n) is 3.86. The predicted molar refractivity (Wildman–Crippen MR) is 54.8 cm³/mol. The van der Waals surface area contributed by atoms with Crippen molar-refractivity contribution in [3.8, 4) is 0 Å². The quantitative estimate of drug-likeness (QED) is 0.575. The molecule has 0 atom stereocenters. The van der Waals surface area contributed by atoms with E-state index in [1.165, 1.54) is 0 Å². The van der Waals surface area contributed by atoms with E-state index in [0.29, 0.717) is 5.88 Å². The van der Waals surface area contributed by atoms with Crippen LogP contribution in [0.5, 0.6) is 0 Å². The van der Waals surface area contributed by atoms with Crippen molar-refractivity contribution in [3.05, 3.63) is 24.3 Å². The Labute approximate surface area is 77.9 Å². The average molecular weight is 185 g/mol. The van der Waals surface area contributed by atoms with Gasteiger partial charge >= 0.3 is 0 Å². The van der Waals surface area contributed by atoms with Crippen LogP contribution in [0.15, 0.2) is 24.3 Å². The summed E-state index contributed by atoms with van der Waals surface area (Å²) in [7, 11) is 2.01. The third-order valence-electron chi connectivity index (χ3n) is 1.75. The molecule has 2 nitrogen and oxygen atoms in total. The van der Waals surface area contributed by atoms with Crippen molar-refractivity contribution in [3.63, 3.8) is 0 Å². The van der Waals surface area contributed by atoms with Gasteiger partial charge in [0.1, 0.15) is 0 Å². The maximum atomic E-state index is 5.61. The largest absolute Gasteiger partial charge is 0.399 e. The number of nitrogens with zero attached hydrogens (tertiary/aromatic N) is 1. The maximum Gasteiger partial charge on any atom is 0.0399 e. The Hall–Kier alpha value is -0.890. The number of hydrogen-bond acceptors (Lipinski definition) is 2. The molecule has 2 N–H and O–H groups in total. The fourth-order valence-electron chi connectivity index (χ4n) is 0.985. The Bertz CT molecular complexity index is 233. The first-order valence-corrected chi connectivity index (χ1v) is 4.40. The second-order valence-electron chi connectivity index (χ2n) is 2.70. The smallest absolute Gasteiger partial charge is 0.0399 e. The lowest BCUT2D eigenvalue weighted by Gasteiger charge is -2.17. The molecule has 0 aliphatic heterocycles. The standard InChI is InChI=1S/C9H13ClN2/c1-12(7-6-10)9-4-2-8(11)3-5-9/h2-5H,6-7,11H2,1H3. The summed E-state index contributed by atoms with van der Waals surface area (Å²) in [6.07, 6.45) is 0. The molecule has 0 unspecified atom stereocenters. The monoisotopic (exact) mass is 184 g/mol. The predicted octanol–water partition coefficient (Wildman–Crippen LogP) is 1.94. The van der Waals surface area contributed by atoms with Crippen molar-refractivity contribution in [2.45, 2.75) is 0 Å². The minimum absolute atomic E-state index is 0.640. The second kappa shape index (κ2) is 4.21. The highest BCUT2D eigenvalue weighted by atomic mass is 35.5. The number of nitrogen functional groups attached to an aromatic ring is 1.